The number of rotatable bonds is 13. The summed E-state index contributed by atoms with van der Waals surface area (Å²) in [6, 6.07) is 38.7. The first-order chi connectivity index (χ1) is 25.3. The lowest BCUT2D eigenvalue weighted by molar-refractivity contribution is -0.00754. The molecule has 0 aliphatic heterocycles. The maximum absolute atomic E-state index is 13.9. The summed E-state index contributed by atoms with van der Waals surface area (Å²) in [5, 5.41) is 0. The van der Waals surface area contributed by atoms with Gasteiger partial charge >= 0.3 is 0 Å². The van der Waals surface area contributed by atoms with E-state index in [0.29, 0.717) is 6.61 Å². The lowest BCUT2D eigenvalue weighted by Gasteiger charge is -2.35. The van der Waals surface area contributed by atoms with Gasteiger partial charge in [-0.25, -0.2) is 4.39 Å². The largest absolute Gasteiger partial charge is 0.490 e. The maximum Gasteiger partial charge on any atom is 0.297 e. The topological polar surface area (TPSA) is 71.1 Å². The van der Waals surface area contributed by atoms with Crippen molar-refractivity contribution in [2.75, 3.05) is 13.2 Å². The standard InChI is InChI=1S/C44H45FO6S/c1-31-7-23-41(24-8-31)52(46,47)50-28-27-48-37-18-20-39(21-19-37)51-38-16-11-34(12-17-38)44-42(33-9-14-36(45)15-10-33)25-13-35-29-40(22-26-43(35)44)49-30-32-5-3-2-4-6-32/h2-12,14-17,22-24,26,29,37,39,42,44H,13,18-21,25,27-28,30H2,1H3/t37?,39?,42-,44+/m1/s1. The SMILES string of the molecule is Cc1ccc(S(=O)(=O)OCCOC2CCC(Oc3ccc([C@@H]4c5ccc(OCc6ccccc6)cc5CC[C@@H]4c4ccc(F)cc4)cc3)CC2)cc1. The Balaban J connectivity index is 0.957. The molecule has 0 saturated heterocycles. The normalized spacial score (nSPS) is 20.2. The molecule has 2 aliphatic rings. The molecule has 0 heterocycles. The van der Waals surface area contributed by atoms with Crippen LogP contribution >= 0.6 is 0 Å². The Morgan fingerprint density at radius 2 is 1.37 bits per heavy atom. The number of aryl methyl sites for hydroxylation is 2. The van der Waals surface area contributed by atoms with E-state index in [4.69, 9.17) is 18.4 Å². The fourth-order valence-electron chi connectivity index (χ4n) is 7.50. The molecule has 0 N–H and O–H groups in total. The van der Waals surface area contributed by atoms with Gasteiger partial charge in [0, 0.05) is 5.92 Å². The highest BCUT2D eigenvalue weighted by Gasteiger charge is 2.32. The van der Waals surface area contributed by atoms with Crippen LogP contribution in [0, 0.1) is 12.7 Å². The maximum atomic E-state index is 13.9. The third kappa shape index (κ3) is 8.92. The van der Waals surface area contributed by atoms with E-state index in [9.17, 15) is 12.8 Å². The molecule has 2 aliphatic carbocycles. The fraction of sp³-hybridized carbons (Fsp3) is 0.318. The van der Waals surface area contributed by atoms with E-state index in [-0.39, 0.29) is 48.0 Å². The summed E-state index contributed by atoms with van der Waals surface area (Å²) in [5.74, 6) is 1.79. The first-order valence-electron chi connectivity index (χ1n) is 18.2. The third-order valence-electron chi connectivity index (χ3n) is 10.3. The van der Waals surface area contributed by atoms with E-state index in [1.54, 1.807) is 36.4 Å². The van der Waals surface area contributed by atoms with Gasteiger partial charge in [0.15, 0.2) is 0 Å². The van der Waals surface area contributed by atoms with Crippen molar-refractivity contribution in [1.82, 2.24) is 0 Å². The van der Waals surface area contributed by atoms with E-state index < -0.39 is 10.1 Å². The van der Waals surface area contributed by atoms with E-state index >= 15 is 0 Å². The van der Waals surface area contributed by atoms with Crippen LogP contribution in [0.2, 0.25) is 0 Å². The van der Waals surface area contributed by atoms with Crippen LogP contribution in [0.4, 0.5) is 4.39 Å². The second kappa shape index (κ2) is 16.4. The minimum atomic E-state index is -3.80. The smallest absolute Gasteiger partial charge is 0.297 e. The minimum Gasteiger partial charge on any atom is -0.490 e. The van der Waals surface area contributed by atoms with Crippen molar-refractivity contribution < 1.29 is 31.2 Å². The number of hydrogen-bond donors (Lipinski definition) is 0. The number of fused-ring (bicyclic) bond motifs is 1. The van der Waals surface area contributed by atoms with Crippen molar-refractivity contribution in [1.29, 1.82) is 0 Å². The van der Waals surface area contributed by atoms with Crippen LogP contribution in [0.5, 0.6) is 11.5 Å². The molecule has 6 nitrogen and oxygen atoms in total. The first-order valence-corrected chi connectivity index (χ1v) is 19.6. The lowest BCUT2D eigenvalue weighted by atomic mass is 9.69. The molecule has 0 amide bonds. The number of benzene rings is 5. The molecule has 0 unspecified atom stereocenters. The van der Waals surface area contributed by atoms with Crippen LogP contribution in [0.3, 0.4) is 0 Å². The van der Waals surface area contributed by atoms with Gasteiger partial charge in [-0.2, -0.15) is 8.42 Å². The third-order valence-corrected chi connectivity index (χ3v) is 11.6. The van der Waals surface area contributed by atoms with Crippen LogP contribution in [0.15, 0.2) is 126 Å². The molecule has 0 bridgehead atoms. The summed E-state index contributed by atoms with van der Waals surface area (Å²) in [5.41, 5.74) is 7.02. The number of halogens is 1. The molecule has 7 rings (SSSR count). The van der Waals surface area contributed by atoms with E-state index in [0.717, 1.165) is 66.7 Å². The summed E-state index contributed by atoms with van der Waals surface area (Å²) in [4.78, 5) is 0.152. The first kappa shape index (κ1) is 35.9. The van der Waals surface area contributed by atoms with Gasteiger partial charge in [-0.15, -0.1) is 0 Å². The predicted molar refractivity (Wildman–Crippen MR) is 200 cm³/mol. The molecule has 5 aromatic carbocycles. The Bertz CT molecular complexity index is 2010. The van der Waals surface area contributed by atoms with Gasteiger partial charge in [-0.05, 0) is 128 Å². The molecule has 8 heteroatoms. The monoisotopic (exact) mass is 720 g/mol. The van der Waals surface area contributed by atoms with Crippen LogP contribution in [0.25, 0.3) is 0 Å². The Hall–Kier alpha value is -4.50. The molecular formula is C44H45FO6S. The van der Waals surface area contributed by atoms with Gasteiger partial charge < -0.3 is 14.2 Å². The summed E-state index contributed by atoms with van der Waals surface area (Å²) in [6.07, 6.45) is 5.38. The Morgan fingerprint density at radius 1 is 0.692 bits per heavy atom. The highest BCUT2D eigenvalue weighted by atomic mass is 32.2. The van der Waals surface area contributed by atoms with Gasteiger partial charge in [-0.3, -0.25) is 4.18 Å². The number of hydrogen-bond acceptors (Lipinski definition) is 6. The Morgan fingerprint density at radius 3 is 2.10 bits per heavy atom. The highest BCUT2D eigenvalue weighted by Crippen LogP contribution is 2.47. The Kier molecular flexibility index (Phi) is 11.4. The van der Waals surface area contributed by atoms with Crippen LogP contribution in [-0.2, 0) is 32.1 Å². The van der Waals surface area contributed by atoms with Crippen molar-refractivity contribution in [3.05, 3.63) is 161 Å². The molecule has 0 aromatic heterocycles. The van der Waals surface area contributed by atoms with E-state index in [1.807, 2.05) is 37.3 Å². The molecular weight excluding hydrogens is 676 g/mol. The average molecular weight is 721 g/mol. The summed E-state index contributed by atoms with van der Waals surface area (Å²) in [6.45, 7) is 2.63. The Labute approximate surface area is 306 Å². The zero-order chi connectivity index (χ0) is 35.9. The quantitative estimate of drug-likeness (QED) is 0.0892. The van der Waals surface area contributed by atoms with Gasteiger partial charge in [0.1, 0.15) is 23.9 Å². The van der Waals surface area contributed by atoms with E-state index in [2.05, 4.69) is 54.6 Å². The van der Waals surface area contributed by atoms with Gasteiger partial charge in [0.25, 0.3) is 10.1 Å². The summed E-state index contributed by atoms with van der Waals surface area (Å²) >= 11 is 0. The molecule has 1 saturated carbocycles. The fourth-order valence-corrected chi connectivity index (χ4v) is 8.40. The van der Waals surface area contributed by atoms with Crippen LogP contribution in [0.1, 0.15) is 77.3 Å². The van der Waals surface area contributed by atoms with Gasteiger partial charge in [0.2, 0.25) is 0 Å². The minimum absolute atomic E-state index is 0.0182. The average Bonchev–Trinajstić information content (AvgIpc) is 3.17. The van der Waals surface area contributed by atoms with Gasteiger partial charge in [-0.1, -0.05) is 78.4 Å². The summed E-state index contributed by atoms with van der Waals surface area (Å²) in [7, 11) is -3.80. The van der Waals surface area contributed by atoms with Crippen molar-refractivity contribution >= 4 is 10.1 Å². The molecule has 52 heavy (non-hydrogen) atoms. The van der Waals surface area contributed by atoms with Crippen molar-refractivity contribution in [3.63, 3.8) is 0 Å². The zero-order valence-corrected chi connectivity index (χ0v) is 30.3. The molecule has 0 radical (unpaired) electrons. The molecule has 270 valence electrons. The predicted octanol–water partition coefficient (Wildman–Crippen LogP) is 9.69. The van der Waals surface area contributed by atoms with Crippen molar-refractivity contribution in [3.8, 4) is 11.5 Å². The van der Waals surface area contributed by atoms with E-state index in [1.165, 1.54) is 16.7 Å². The molecule has 1 fully saturated rings. The second-order valence-corrected chi connectivity index (χ2v) is 15.5. The summed E-state index contributed by atoms with van der Waals surface area (Å²) < 4.78 is 62.5. The second-order valence-electron chi connectivity index (χ2n) is 13.9. The van der Waals surface area contributed by atoms with Gasteiger partial charge in [0.05, 0.1) is 30.3 Å². The molecule has 5 aromatic rings. The number of ether oxygens (including phenoxy) is 3. The van der Waals surface area contributed by atoms with Crippen molar-refractivity contribution in [2.24, 2.45) is 0 Å². The zero-order valence-electron chi connectivity index (χ0n) is 29.5. The highest BCUT2D eigenvalue weighted by molar-refractivity contribution is 7.86. The molecule has 2 atom stereocenters. The van der Waals surface area contributed by atoms with Crippen LogP contribution < -0.4 is 9.47 Å². The van der Waals surface area contributed by atoms with Crippen LogP contribution in [-0.4, -0.2) is 33.8 Å². The molecule has 0 spiro atoms. The van der Waals surface area contributed by atoms with Crippen molar-refractivity contribution in [2.45, 2.75) is 81.0 Å². The lowest BCUT2D eigenvalue weighted by Crippen LogP contribution is -2.29.